The second kappa shape index (κ2) is 5.85. The topological polar surface area (TPSA) is 55.6 Å². The summed E-state index contributed by atoms with van der Waals surface area (Å²) < 4.78 is 5.12. The van der Waals surface area contributed by atoms with Crippen molar-refractivity contribution in [3.05, 3.63) is 74.4 Å². The number of nitrogens with zero attached hydrogens (tertiary/aromatic N) is 3. The van der Waals surface area contributed by atoms with Gasteiger partial charge in [0, 0.05) is 0 Å². The Bertz CT molecular complexity index is 1150. The van der Waals surface area contributed by atoms with Crippen LogP contribution in [0.5, 0.6) is 0 Å². The molecule has 4 aromatic rings. The molecule has 5 nitrogen and oxygen atoms in total. The summed E-state index contributed by atoms with van der Waals surface area (Å²) in [4.78, 5) is 12.4. The minimum absolute atomic E-state index is 0.00134. The molecule has 0 unspecified atom stereocenters. The van der Waals surface area contributed by atoms with Gasteiger partial charge in [0.05, 0.1) is 22.4 Å². The zero-order valence-electron chi connectivity index (χ0n) is 12.9. The van der Waals surface area contributed by atoms with Crippen LogP contribution in [0.1, 0.15) is 11.4 Å². The lowest BCUT2D eigenvalue weighted by Crippen LogP contribution is -2.17. The maximum Gasteiger partial charge on any atom is 0.308 e. The Morgan fingerprint density at radius 1 is 1.17 bits per heavy atom. The second-order valence-corrected chi connectivity index (χ2v) is 6.87. The van der Waals surface area contributed by atoms with Crippen molar-refractivity contribution < 1.29 is 0 Å². The third kappa shape index (κ3) is 2.42. The van der Waals surface area contributed by atoms with E-state index >= 15 is 0 Å². The Balaban J connectivity index is 1.87. The van der Waals surface area contributed by atoms with Gasteiger partial charge < -0.3 is 0 Å². The van der Waals surface area contributed by atoms with Gasteiger partial charge in [-0.15, -0.1) is 0 Å². The molecule has 2 aromatic heterocycles. The monoisotopic (exact) mass is 354 g/mol. The Labute approximate surface area is 146 Å². The van der Waals surface area contributed by atoms with Gasteiger partial charge in [0.1, 0.15) is 0 Å². The molecule has 2 heterocycles. The van der Waals surface area contributed by atoms with Crippen LogP contribution in [0.15, 0.2) is 53.3 Å². The van der Waals surface area contributed by atoms with Gasteiger partial charge in [-0.05, 0) is 42.9 Å². The van der Waals surface area contributed by atoms with E-state index < -0.39 is 0 Å². The van der Waals surface area contributed by atoms with E-state index in [1.165, 1.54) is 11.3 Å². The Morgan fingerprint density at radius 2 is 1.92 bits per heavy atom. The van der Waals surface area contributed by atoms with Crippen molar-refractivity contribution in [2.75, 3.05) is 0 Å². The van der Waals surface area contributed by atoms with E-state index in [4.69, 9.17) is 12.2 Å². The summed E-state index contributed by atoms with van der Waals surface area (Å²) >= 11 is 6.64. The van der Waals surface area contributed by atoms with Gasteiger partial charge in [0.2, 0.25) is 0 Å². The Morgan fingerprint density at radius 3 is 2.75 bits per heavy atom. The number of aryl methyl sites for hydroxylation is 1. The van der Waals surface area contributed by atoms with Crippen LogP contribution in [0.2, 0.25) is 0 Å². The van der Waals surface area contributed by atoms with Crippen LogP contribution in [-0.2, 0) is 6.54 Å². The normalized spacial score (nSPS) is 11.2. The van der Waals surface area contributed by atoms with Gasteiger partial charge >= 0.3 is 4.87 Å². The number of rotatable bonds is 3. The molecule has 2 aromatic carbocycles. The van der Waals surface area contributed by atoms with E-state index in [0.29, 0.717) is 17.1 Å². The molecule has 0 saturated carbocycles. The number of aromatic amines is 1. The highest BCUT2D eigenvalue weighted by atomic mass is 32.1. The van der Waals surface area contributed by atoms with Crippen molar-refractivity contribution in [3.63, 3.8) is 0 Å². The molecule has 4 rings (SSSR count). The fourth-order valence-electron chi connectivity index (χ4n) is 2.80. The Kier molecular flexibility index (Phi) is 3.66. The molecular weight excluding hydrogens is 340 g/mol. The zero-order chi connectivity index (χ0) is 16.7. The number of para-hydroxylation sites is 2. The molecule has 0 spiro atoms. The number of fused-ring (bicyclic) bond motifs is 1. The summed E-state index contributed by atoms with van der Waals surface area (Å²) in [6.07, 6.45) is 0. The number of nitrogens with one attached hydrogen (secondary N) is 1. The van der Waals surface area contributed by atoms with Crippen molar-refractivity contribution in [1.29, 1.82) is 0 Å². The first-order chi connectivity index (χ1) is 11.6. The SMILES string of the molecule is Cc1ccccc1-n1c(Cn2c(=O)sc3ccccc32)n[nH]c1=S. The zero-order valence-corrected chi connectivity index (χ0v) is 14.5. The lowest BCUT2D eigenvalue weighted by Gasteiger charge is -2.10. The maximum absolute atomic E-state index is 12.4. The van der Waals surface area contributed by atoms with E-state index in [-0.39, 0.29) is 4.87 Å². The standard InChI is InChI=1S/C17H14N4OS2/c1-11-6-2-3-7-12(11)21-15(18-19-16(21)23)10-20-13-8-4-5-9-14(13)24-17(20)22/h2-9H,10H2,1H3,(H,19,23). The van der Waals surface area contributed by atoms with Crippen LogP contribution in [0.25, 0.3) is 15.9 Å². The quantitative estimate of drug-likeness (QED) is 0.571. The fourth-order valence-corrected chi connectivity index (χ4v) is 3.94. The lowest BCUT2D eigenvalue weighted by atomic mass is 10.2. The predicted octanol–water partition coefficient (Wildman–Crippen LogP) is 3.66. The molecule has 0 amide bonds. The summed E-state index contributed by atoms with van der Waals surface area (Å²) in [5.41, 5.74) is 2.98. The van der Waals surface area contributed by atoms with Crippen LogP contribution in [0.4, 0.5) is 0 Å². The second-order valence-electron chi connectivity index (χ2n) is 5.49. The van der Waals surface area contributed by atoms with Crippen molar-refractivity contribution in [2.45, 2.75) is 13.5 Å². The summed E-state index contributed by atoms with van der Waals surface area (Å²) in [7, 11) is 0. The van der Waals surface area contributed by atoms with Gasteiger partial charge in [-0.1, -0.05) is 41.7 Å². The first kappa shape index (κ1) is 15.0. The number of aromatic nitrogens is 4. The van der Waals surface area contributed by atoms with Crippen LogP contribution < -0.4 is 4.87 Å². The van der Waals surface area contributed by atoms with Crippen molar-refractivity contribution in [2.24, 2.45) is 0 Å². The number of thiazole rings is 1. The molecule has 0 radical (unpaired) electrons. The Hall–Kier alpha value is -2.51. The first-order valence-corrected chi connectivity index (χ1v) is 8.68. The maximum atomic E-state index is 12.4. The molecule has 0 aliphatic rings. The molecule has 0 fully saturated rings. The van der Waals surface area contributed by atoms with Gasteiger partial charge in [-0.2, -0.15) is 5.10 Å². The highest BCUT2D eigenvalue weighted by Gasteiger charge is 2.14. The third-order valence-corrected chi connectivity index (χ3v) is 5.21. The van der Waals surface area contributed by atoms with E-state index in [0.717, 1.165) is 21.5 Å². The molecular formula is C17H14N4OS2. The molecule has 7 heteroatoms. The van der Waals surface area contributed by atoms with Crippen molar-refractivity contribution >= 4 is 33.8 Å². The van der Waals surface area contributed by atoms with E-state index in [2.05, 4.69) is 10.2 Å². The first-order valence-electron chi connectivity index (χ1n) is 7.46. The van der Waals surface area contributed by atoms with Crippen LogP contribution in [-0.4, -0.2) is 19.3 Å². The van der Waals surface area contributed by atoms with Gasteiger partial charge in [0.15, 0.2) is 10.6 Å². The molecule has 1 N–H and O–H groups in total. The molecule has 120 valence electrons. The molecule has 24 heavy (non-hydrogen) atoms. The molecule has 0 atom stereocenters. The van der Waals surface area contributed by atoms with Crippen LogP contribution in [0, 0.1) is 11.7 Å². The average Bonchev–Trinajstić information content (AvgIpc) is 3.09. The van der Waals surface area contributed by atoms with Crippen LogP contribution in [0.3, 0.4) is 0 Å². The highest BCUT2D eigenvalue weighted by molar-refractivity contribution is 7.71. The van der Waals surface area contributed by atoms with Gasteiger partial charge in [-0.25, -0.2) is 0 Å². The van der Waals surface area contributed by atoms with Gasteiger partial charge in [-0.3, -0.25) is 19.0 Å². The number of hydrogen-bond donors (Lipinski definition) is 1. The summed E-state index contributed by atoms with van der Waals surface area (Å²) in [5, 5.41) is 7.19. The van der Waals surface area contributed by atoms with E-state index in [1.807, 2.05) is 60.0 Å². The third-order valence-electron chi connectivity index (χ3n) is 3.97. The molecule has 0 aliphatic carbocycles. The molecule has 0 aliphatic heterocycles. The van der Waals surface area contributed by atoms with Crippen molar-refractivity contribution in [3.8, 4) is 5.69 Å². The van der Waals surface area contributed by atoms with E-state index in [1.54, 1.807) is 4.57 Å². The molecule has 0 saturated heterocycles. The number of H-pyrrole nitrogens is 1. The summed E-state index contributed by atoms with van der Waals surface area (Å²) in [6.45, 7) is 2.39. The average molecular weight is 354 g/mol. The fraction of sp³-hybridized carbons (Fsp3) is 0.118. The number of benzene rings is 2. The smallest absolute Gasteiger partial charge is 0.291 e. The minimum atomic E-state index is 0.00134. The lowest BCUT2D eigenvalue weighted by molar-refractivity contribution is 0.733. The number of hydrogen-bond acceptors (Lipinski definition) is 4. The van der Waals surface area contributed by atoms with Gasteiger partial charge in [0.25, 0.3) is 0 Å². The predicted molar refractivity (Wildman–Crippen MR) is 98.7 cm³/mol. The van der Waals surface area contributed by atoms with E-state index in [9.17, 15) is 4.79 Å². The largest absolute Gasteiger partial charge is 0.308 e. The van der Waals surface area contributed by atoms with Crippen LogP contribution >= 0.6 is 23.6 Å². The summed E-state index contributed by atoms with van der Waals surface area (Å²) in [5.74, 6) is 0.708. The van der Waals surface area contributed by atoms with Crippen molar-refractivity contribution in [1.82, 2.24) is 19.3 Å². The molecule has 0 bridgehead atoms. The summed E-state index contributed by atoms with van der Waals surface area (Å²) in [6, 6.07) is 15.8. The highest BCUT2D eigenvalue weighted by Crippen LogP contribution is 2.20. The minimum Gasteiger partial charge on any atom is -0.291 e.